The fourth-order valence-electron chi connectivity index (χ4n) is 8.79. The van der Waals surface area contributed by atoms with Gasteiger partial charge >= 0.3 is 5.97 Å². The fourth-order valence-corrected chi connectivity index (χ4v) is 9.99. The fraction of sp³-hybridized carbons (Fsp3) is 0.361. The van der Waals surface area contributed by atoms with Gasteiger partial charge in [0.1, 0.15) is 17.0 Å². The molecule has 45 heavy (non-hydrogen) atoms. The first kappa shape index (κ1) is 29.6. The maximum absolute atomic E-state index is 14.6. The number of thioether (sulfide) groups is 1. The molecule has 3 aliphatic carbocycles. The number of phenolic OH excluding ortho intramolecular Hbond substituents is 1. The summed E-state index contributed by atoms with van der Waals surface area (Å²) in [6, 6.07) is 20.5. The molecule has 8 nitrogen and oxygen atoms in total. The van der Waals surface area contributed by atoms with Gasteiger partial charge in [-0.1, -0.05) is 67.2 Å². The van der Waals surface area contributed by atoms with Crippen molar-refractivity contribution in [1.29, 1.82) is 0 Å². The van der Waals surface area contributed by atoms with Gasteiger partial charge in [-0.05, 0) is 79.3 Å². The highest BCUT2D eigenvalue weighted by Crippen LogP contribution is 2.72. The van der Waals surface area contributed by atoms with Gasteiger partial charge in [0.15, 0.2) is 11.5 Å². The minimum absolute atomic E-state index is 0.0119. The lowest BCUT2D eigenvalue weighted by Crippen LogP contribution is -2.57. The molecule has 6 atom stereocenters. The number of aromatic hydroxyl groups is 2. The van der Waals surface area contributed by atoms with Gasteiger partial charge in [-0.15, -0.1) is 0 Å². The SMILES string of the molecule is C[C@]12C[C@@]34C=C(Sc5cccc(-c6ccccc6)c5)C(=O)[C@@](C)(CCC(=O)Nc5c(O)ccc(C(=O)O)c5O)[C@@H]3[C@H](C[C@@H]1C4)O2. The van der Waals surface area contributed by atoms with Gasteiger partial charge in [-0.3, -0.25) is 9.59 Å². The van der Waals surface area contributed by atoms with Crippen LogP contribution in [0, 0.1) is 22.7 Å². The minimum Gasteiger partial charge on any atom is -0.506 e. The smallest absolute Gasteiger partial charge is 0.339 e. The van der Waals surface area contributed by atoms with Crippen molar-refractivity contribution in [3.05, 3.63) is 83.3 Å². The maximum Gasteiger partial charge on any atom is 0.339 e. The quantitative estimate of drug-likeness (QED) is 0.196. The Bertz CT molecular complexity index is 1770. The summed E-state index contributed by atoms with van der Waals surface area (Å²) >= 11 is 1.48. The molecule has 4 bridgehead atoms. The summed E-state index contributed by atoms with van der Waals surface area (Å²) in [7, 11) is 0. The number of benzene rings is 3. The molecule has 1 amide bonds. The van der Waals surface area contributed by atoms with Crippen molar-refractivity contribution >= 4 is 35.1 Å². The highest BCUT2D eigenvalue weighted by molar-refractivity contribution is 8.04. The second-order valence-electron chi connectivity index (χ2n) is 13.5. The monoisotopic (exact) mass is 625 g/mol. The molecular weight excluding hydrogens is 590 g/mol. The van der Waals surface area contributed by atoms with E-state index in [0.717, 1.165) is 47.4 Å². The van der Waals surface area contributed by atoms with Crippen molar-refractivity contribution in [3.63, 3.8) is 0 Å². The summed E-state index contributed by atoms with van der Waals surface area (Å²) in [5.41, 5.74) is 0.0279. The van der Waals surface area contributed by atoms with Gasteiger partial charge in [-0.2, -0.15) is 0 Å². The van der Waals surface area contributed by atoms with E-state index in [0.29, 0.717) is 10.8 Å². The Morgan fingerprint density at radius 1 is 1.02 bits per heavy atom. The highest BCUT2D eigenvalue weighted by Gasteiger charge is 2.72. The van der Waals surface area contributed by atoms with Crippen LogP contribution in [0.3, 0.4) is 0 Å². The van der Waals surface area contributed by atoms with Crippen LogP contribution in [0.1, 0.15) is 56.3 Å². The van der Waals surface area contributed by atoms with E-state index in [9.17, 15) is 29.7 Å². The van der Waals surface area contributed by atoms with Crippen LogP contribution in [0.4, 0.5) is 5.69 Å². The number of ether oxygens (including phenoxy) is 1. The number of carboxylic acid groups (broad SMARTS) is 1. The number of phenols is 2. The Hall–Kier alpha value is -4.08. The van der Waals surface area contributed by atoms with Crippen LogP contribution < -0.4 is 5.32 Å². The summed E-state index contributed by atoms with van der Waals surface area (Å²) < 4.78 is 6.62. The summed E-state index contributed by atoms with van der Waals surface area (Å²) in [6.07, 6.45) is 4.98. The van der Waals surface area contributed by atoms with E-state index in [2.05, 4.69) is 42.6 Å². The lowest BCUT2D eigenvalue weighted by Gasteiger charge is -2.56. The number of hydrogen-bond acceptors (Lipinski definition) is 7. The summed E-state index contributed by atoms with van der Waals surface area (Å²) in [5, 5.41) is 32.5. The molecular formula is C36H35NO7S. The first-order chi connectivity index (χ1) is 21.4. The summed E-state index contributed by atoms with van der Waals surface area (Å²) in [4.78, 5) is 40.9. The predicted molar refractivity (Wildman–Crippen MR) is 170 cm³/mol. The second kappa shape index (κ2) is 10.5. The molecule has 2 aliphatic heterocycles. The standard InChI is InChI=1S/C36H35NO7S/c1-34(14-13-28(39)37-29-25(38)12-11-24(30(29)40)33(42)43)31-26-16-22-17-36(31,19-35(22,2)44-26)18-27(32(34)41)45-23-10-6-9-21(15-23)20-7-4-3-5-8-20/h3-12,15,18,22,26,31,38,40H,13-14,16-17,19H2,1-2H3,(H,37,39)(H,42,43)/t22-,26+,31+,34+,35+,36-/m1/s1. The van der Waals surface area contributed by atoms with Crippen LogP contribution in [-0.2, 0) is 14.3 Å². The molecule has 4 fully saturated rings. The number of aromatic carboxylic acids is 1. The topological polar surface area (TPSA) is 133 Å². The first-order valence-electron chi connectivity index (χ1n) is 15.3. The van der Waals surface area contributed by atoms with E-state index in [1.165, 1.54) is 11.8 Å². The van der Waals surface area contributed by atoms with Crippen LogP contribution in [0.15, 0.2) is 82.6 Å². The molecule has 8 rings (SSSR count). The van der Waals surface area contributed by atoms with Crippen molar-refractivity contribution in [2.75, 3.05) is 5.32 Å². The Morgan fingerprint density at radius 3 is 2.51 bits per heavy atom. The Kier molecular flexibility index (Phi) is 6.91. The molecule has 3 aromatic carbocycles. The lowest BCUT2D eigenvalue weighted by atomic mass is 9.51. The van der Waals surface area contributed by atoms with Crippen LogP contribution in [0.5, 0.6) is 11.5 Å². The Morgan fingerprint density at radius 2 is 1.78 bits per heavy atom. The van der Waals surface area contributed by atoms with E-state index >= 15 is 0 Å². The van der Waals surface area contributed by atoms with Gasteiger partial charge < -0.3 is 25.4 Å². The molecule has 0 radical (unpaired) electrons. The largest absolute Gasteiger partial charge is 0.506 e. The lowest BCUT2D eigenvalue weighted by molar-refractivity contribution is -0.169. The zero-order valence-electron chi connectivity index (χ0n) is 25.1. The van der Waals surface area contributed by atoms with Crippen molar-refractivity contribution in [1.82, 2.24) is 0 Å². The minimum atomic E-state index is -1.39. The number of hydrogen-bond donors (Lipinski definition) is 4. The van der Waals surface area contributed by atoms with Crippen molar-refractivity contribution in [2.24, 2.45) is 22.7 Å². The van der Waals surface area contributed by atoms with Crippen molar-refractivity contribution < 1.29 is 34.4 Å². The third-order valence-electron chi connectivity index (χ3n) is 10.6. The number of nitrogens with one attached hydrogen (secondary N) is 1. The third-order valence-corrected chi connectivity index (χ3v) is 11.7. The van der Waals surface area contributed by atoms with E-state index in [1.807, 2.05) is 37.3 Å². The second-order valence-corrected chi connectivity index (χ2v) is 14.6. The zero-order valence-corrected chi connectivity index (χ0v) is 25.9. The maximum atomic E-state index is 14.6. The number of allylic oxidation sites excluding steroid dienone is 2. The average Bonchev–Trinajstić information content (AvgIpc) is 3.37. The van der Waals surface area contributed by atoms with Crippen LogP contribution in [-0.4, -0.2) is 44.7 Å². The summed E-state index contributed by atoms with van der Waals surface area (Å²) in [5.74, 6) is -2.77. The number of amides is 1. The number of carbonyl (C=O) groups excluding carboxylic acids is 2. The molecule has 4 N–H and O–H groups in total. The number of rotatable bonds is 8. The molecule has 0 unspecified atom stereocenters. The third kappa shape index (κ3) is 4.75. The molecule has 232 valence electrons. The van der Waals surface area contributed by atoms with E-state index in [4.69, 9.17) is 4.74 Å². The van der Waals surface area contributed by atoms with Gasteiger partial charge in [0.2, 0.25) is 5.91 Å². The van der Waals surface area contributed by atoms with Gasteiger partial charge in [0.25, 0.3) is 0 Å². The number of anilines is 1. The summed E-state index contributed by atoms with van der Waals surface area (Å²) in [6.45, 7) is 4.15. The van der Waals surface area contributed by atoms with Gasteiger partial charge in [-0.25, -0.2) is 4.79 Å². The molecule has 2 heterocycles. The van der Waals surface area contributed by atoms with Crippen LogP contribution in [0.2, 0.25) is 0 Å². The molecule has 2 saturated heterocycles. The van der Waals surface area contributed by atoms with E-state index in [-0.39, 0.29) is 47.4 Å². The van der Waals surface area contributed by atoms with Gasteiger partial charge in [0, 0.05) is 22.6 Å². The highest BCUT2D eigenvalue weighted by atomic mass is 32.2. The Balaban J connectivity index is 1.19. The van der Waals surface area contributed by atoms with Crippen molar-refractivity contribution in [2.45, 2.75) is 62.6 Å². The first-order valence-corrected chi connectivity index (χ1v) is 16.1. The Labute approximate surface area is 265 Å². The molecule has 2 saturated carbocycles. The molecule has 1 spiro atoms. The molecule has 3 aromatic rings. The number of Topliss-reactive ketones (excluding diaryl/α,β-unsaturated/α-hetero) is 1. The zero-order chi connectivity index (χ0) is 31.7. The van der Waals surface area contributed by atoms with Crippen LogP contribution in [0.25, 0.3) is 11.1 Å². The number of carboxylic acids is 1. The predicted octanol–water partition coefficient (Wildman–Crippen LogP) is 7.02. The molecule has 9 heteroatoms. The molecule has 0 aromatic heterocycles. The van der Waals surface area contributed by atoms with Crippen molar-refractivity contribution in [3.8, 4) is 22.6 Å². The van der Waals surface area contributed by atoms with E-state index in [1.54, 1.807) is 0 Å². The molecule has 5 aliphatic rings. The van der Waals surface area contributed by atoms with E-state index < -0.39 is 34.4 Å². The number of ketones is 1. The van der Waals surface area contributed by atoms with Crippen LogP contribution >= 0.6 is 11.8 Å². The van der Waals surface area contributed by atoms with Gasteiger partial charge in [0.05, 0.1) is 16.6 Å². The average molecular weight is 626 g/mol. The normalized spacial score (nSPS) is 31.0. The number of carbonyl (C=O) groups is 3.